The quantitative estimate of drug-likeness (QED) is 0.703. The van der Waals surface area contributed by atoms with Gasteiger partial charge in [-0.25, -0.2) is 4.39 Å². The van der Waals surface area contributed by atoms with Gasteiger partial charge in [-0.05, 0) is 25.1 Å². The van der Waals surface area contributed by atoms with Gasteiger partial charge in [-0.3, -0.25) is 4.79 Å². The van der Waals surface area contributed by atoms with Crippen molar-refractivity contribution in [1.82, 2.24) is 0 Å². The molecule has 0 aliphatic rings. The Balaban J connectivity index is 2.70. The number of hydrogen-bond acceptors (Lipinski definition) is 2. The Bertz CT molecular complexity index is 370. The highest BCUT2D eigenvalue weighted by Gasteiger charge is 1.99. The van der Waals surface area contributed by atoms with Crippen LogP contribution in [0.4, 0.5) is 10.1 Å². The molecule has 0 aliphatic heterocycles. The Kier molecular flexibility index (Phi) is 3.23. The van der Waals surface area contributed by atoms with Gasteiger partial charge in [0.15, 0.2) is 0 Å². The summed E-state index contributed by atoms with van der Waals surface area (Å²) in [7, 11) is 0. The van der Waals surface area contributed by atoms with Crippen molar-refractivity contribution in [3.63, 3.8) is 0 Å². The van der Waals surface area contributed by atoms with Crippen LogP contribution in [0.2, 0.25) is 0 Å². The maximum atomic E-state index is 12.7. The zero-order valence-electron chi connectivity index (χ0n) is 7.75. The van der Waals surface area contributed by atoms with Gasteiger partial charge in [-0.1, -0.05) is 6.07 Å². The van der Waals surface area contributed by atoms with Crippen LogP contribution in [0.3, 0.4) is 0 Å². The monoisotopic (exact) mass is 194 g/mol. The molecule has 0 atom stereocenters. The number of benzene rings is 1. The number of hydrogen-bond donors (Lipinski definition) is 2. The summed E-state index contributed by atoms with van der Waals surface area (Å²) < 4.78 is 12.7. The summed E-state index contributed by atoms with van der Waals surface area (Å²) in [5.41, 5.74) is 6.11. The van der Waals surface area contributed by atoms with Crippen LogP contribution in [0.5, 0.6) is 0 Å². The van der Waals surface area contributed by atoms with E-state index in [4.69, 9.17) is 5.73 Å². The van der Waals surface area contributed by atoms with E-state index in [1.165, 1.54) is 24.3 Å². The second-order valence-corrected chi connectivity index (χ2v) is 2.89. The summed E-state index contributed by atoms with van der Waals surface area (Å²) in [5.74, 6) is -0.758. The SMILES string of the molecule is CC(N)=CC(=O)Nc1cccc(F)c1. The molecule has 0 saturated carbocycles. The first-order chi connectivity index (χ1) is 6.58. The predicted molar refractivity (Wildman–Crippen MR) is 53.0 cm³/mol. The normalized spacial score (nSPS) is 11.1. The van der Waals surface area contributed by atoms with Gasteiger partial charge in [0.1, 0.15) is 5.82 Å². The summed E-state index contributed by atoms with van der Waals surface area (Å²) in [4.78, 5) is 11.1. The molecule has 1 rings (SSSR count). The third-order valence-corrected chi connectivity index (χ3v) is 1.45. The van der Waals surface area contributed by atoms with Crippen LogP contribution in [0, 0.1) is 5.82 Å². The van der Waals surface area contributed by atoms with Crippen molar-refractivity contribution < 1.29 is 9.18 Å². The third-order valence-electron chi connectivity index (χ3n) is 1.45. The Hall–Kier alpha value is -1.84. The molecular formula is C10H11FN2O. The zero-order chi connectivity index (χ0) is 10.6. The largest absolute Gasteiger partial charge is 0.402 e. The summed E-state index contributed by atoms with van der Waals surface area (Å²) in [6.45, 7) is 1.60. The second kappa shape index (κ2) is 4.41. The van der Waals surface area contributed by atoms with E-state index >= 15 is 0 Å². The van der Waals surface area contributed by atoms with Crippen molar-refractivity contribution in [3.8, 4) is 0 Å². The molecule has 14 heavy (non-hydrogen) atoms. The van der Waals surface area contributed by atoms with E-state index in [1.807, 2.05) is 0 Å². The minimum absolute atomic E-state index is 0.365. The molecule has 4 heteroatoms. The number of nitrogens with one attached hydrogen (secondary N) is 1. The lowest BCUT2D eigenvalue weighted by molar-refractivity contribution is -0.111. The highest BCUT2D eigenvalue weighted by Crippen LogP contribution is 2.08. The average Bonchev–Trinajstić information content (AvgIpc) is 2.01. The number of carbonyl (C=O) groups is 1. The molecule has 0 aliphatic carbocycles. The van der Waals surface area contributed by atoms with Crippen LogP contribution in [-0.4, -0.2) is 5.91 Å². The van der Waals surface area contributed by atoms with Gasteiger partial charge < -0.3 is 11.1 Å². The van der Waals surface area contributed by atoms with E-state index in [0.29, 0.717) is 11.4 Å². The van der Waals surface area contributed by atoms with Crippen molar-refractivity contribution in [2.75, 3.05) is 5.32 Å². The van der Waals surface area contributed by atoms with Gasteiger partial charge in [0.05, 0.1) is 0 Å². The summed E-state index contributed by atoms with van der Waals surface area (Å²) in [5, 5.41) is 2.48. The van der Waals surface area contributed by atoms with Crippen molar-refractivity contribution >= 4 is 11.6 Å². The van der Waals surface area contributed by atoms with Crippen molar-refractivity contribution in [2.24, 2.45) is 5.73 Å². The zero-order valence-corrected chi connectivity index (χ0v) is 7.75. The molecule has 0 fully saturated rings. The highest BCUT2D eigenvalue weighted by molar-refractivity contribution is 5.99. The molecule has 1 aromatic rings. The van der Waals surface area contributed by atoms with Gasteiger partial charge in [-0.2, -0.15) is 0 Å². The molecule has 0 bridgehead atoms. The number of allylic oxidation sites excluding steroid dienone is 1. The predicted octanol–water partition coefficient (Wildman–Crippen LogP) is 1.63. The van der Waals surface area contributed by atoms with E-state index in [9.17, 15) is 9.18 Å². The molecule has 0 aromatic heterocycles. The second-order valence-electron chi connectivity index (χ2n) is 2.89. The van der Waals surface area contributed by atoms with Crippen molar-refractivity contribution in [2.45, 2.75) is 6.92 Å². The fourth-order valence-electron chi connectivity index (χ4n) is 0.951. The Morgan fingerprint density at radius 2 is 2.29 bits per heavy atom. The fourth-order valence-corrected chi connectivity index (χ4v) is 0.951. The maximum Gasteiger partial charge on any atom is 0.250 e. The van der Waals surface area contributed by atoms with Crippen LogP contribution in [0.15, 0.2) is 36.0 Å². The summed E-state index contributed by atoms with van der Waals surface area (Å²) >= 11 is 0. The summed E-state index contributed by atoms with van der Waals surface area (Å²) in [6, 6.07) is 5.65. The average molecular weight is 194 g/mol. The van der Waals surface area contributed by atoms with E-state index in [2.05, 4.69) is 5.32 Å². The Labute approximate surface area is 81.4 Å². The minimum Gasteiger partial charge on any atom is -0.402 e. The molecule has 1 amide bonds. The van der Waals surface area contributed by atoms with Crippen LogP contribution in [0.25, 0.3) is 0 Å². The standard InChI is InChI=1S/C10H11FN2O/c1-7(12)5-10(14)13-9-4-2-3-8(11)6-9/h2-6H,12H2,1H3,(H,13,14). The number of halogens is 1. The fraction of sp³-hybridized carbons (Fsp3) is 0.100. The van der Waals surface area contributed by atoms with E-state index in [1.54, 1.807) is 13.0 Å². The number of carbonyl (C=O) groups excluding carboxylic acids is 1. The lowest BCUT2D eigenvalue weighted by Crippen LogP contribution is -2.10. The molecule has 3 N–H and O–H groups in total. The van der Waals surface area contributed by atoms with Crippen LogP contribution in [-0.2, 0) is 4.79 Å². The van der Waals surface area contributed by atoms with Crippen LogP contribution in [0.1, 0.15) is 6.92 Å². The number of anilines is 1. The van der Waals surface area contributed by atoms with E-state index in [0.717, 1.165) is 0 Å². The first-order valence-corrected chi connectivity index (χ1v) is 4.08. The molecule has 74 valence electrons. The van der Waals surface area contributed by atoms with Gasteiger partial charge in [0, 0.05) is 17.5 Å². The molecule has 0 saturated heterocycles. The molecule has 3 nitrogen and oxygen atoms in total. The van der Waals surface area contributed by atoms with Crippen molar-refractivity contribution in [3.05, 3.63) is 41.9 Å². The Morgan fingerprint density at radius 1 is 1.57 bits per heavy atom. The van der Waals surface area contributed by atoms with Crippen molar-refractivity contribution in [1.29, 1.82) is 0 Å². The number of amides is 1. The van der Waals surface area contributed by atoms with Gasteiger partial charge in [0.2, 0.25) is 5.91 Å². The number of nitrogens with two attached hydrogens (primary N) is 1. The molecule has 0 radical (unpaired) electrons. The van der Waals surface area contributed by atoms with Crippen LogP contribution >= 0.6 is 0 Å². The first-order valence-electron chi connectivity index (χ1n) is 4.08. The lowest BCUT2D eigenvalue weighted by atomic mass is 10.3. The third kappa shape index (κ3) is 3.26. The van der Waals surface area contributed by atoms with Gasteiger partial charge >= 0.3 is 0 Å². The molecule has 0 unspecified atom stereocenters. The molecule has 0 heterocycles. The maximum absolute atomic E-state index is 12.7. The Morgan fingerprint density at radius 3 is 2.86 bits per heavy atom. The van der Waals surface area contributed by atoms with Gasteiger partial charge in [0.25, 0.3) is 0 Å². The highest BCUT2D eigenvalue weighted by atomic mass is 19.1. The van der Waals surface area contributed by atoms with E-state index < -0.39 is 5.82 Å². The van der Waals surface area contributed by atoms with Gasteiger partial charge in [-0.15, -0.1) is 0 Å². The first kappa shape index (κ1) is 10.2. The minimum atomic E-state index is -0.392. The lowest BCUT2D eigenvalue weighted by Gasteiger charge is -2.01. The molecule has 0 spiro atoms. The van der Waals surface area contributed by atoms with E-state index in [-0.39, 0.29) is 5.91 Å². The smallest absolute Gasteiger partial charge is 0.250 e. The summed E-state index contributed by atoms with van der Waals surface area (Å²) in [6.07, 6.45) is 1.24. The number of rotatable bonds is 2. The molecular weight excluding hydrogens is 183 g/mol. The topological polar surface area (TPSA) is 55.1 Å². The molecule has 1 aromatic carbocycles. The van der Waals surface area contributed by atoms with Crippen LogP contribution < -0.4 is 11.1 Å².